The predicted molar refractivity (Wildman–Crippen MR) is 87.9 cm³/mol. The zero-order valence-corrected chi connectivity index (χ0v) is 14.0. The molecule has 0 aromatic carbocycles. The van der Waals surface area contributed by atoms with Crippen LogP contribution in [0.3, 0.4) is 0 Å². The largest absolute Gasteiger partial charge is 0.481 e. The van der Waals surface area contributed by atoms with Crippen molar-refractivity contribution in [3.63, 3.8) is 0 Å². The fourth-order valence-electron chi connectivity index (χ4n) is 3.83. The van der Waals surface area contributed by atoms with Crippen LogP contribution in [0.5, 0.6) is 5.88 Å². The standard InChI is InChI=1S/C17H24N4O3/c1-23-16-4-14(19-11-20-16)21-7-13-8-24-10-17(13,9-21)5-15(22)18-6-12-2-3-12/h4,11-13H,2-3,5-10H2,1H3,(H,18,22)/t13-,17+/m0/s1. The molecule has 2 saturated heterocycles. The number of carbonyl (C=O) groups is 1. The molecule has 0 spiro atoms. The van der Waals surface area contributed by atoms with Crippen LogP contribution < -0.4 is 15.0 Å². The molecule has 3 heterocycles. The van der Waals surface area contributed by atoms with Crippen LogP contribution >= 0.6 is 0 Å². The Hall–Kier alpha value is -1.89. The molecule has 4 rings (SSSR count). The van der Waals surface area contributed by atoms with Crippen molar-refractivity contribution in [2.24, 2.45) is 17.3 Å². The van der Waals surface area contributed by atoms with E-state index in [-0.39, 0.29) is 11.3 Å². The molecule has 1 aliphatic carbocycles. The molecule has 1 N–H and O–H groups in total. The lowest BCUT2D eigenvalue weighted by Gasteiger charge is -2.26. The van der Waals surface area contributed by atoms with Crippen LogP contribution in [0.25, 0.3) is 0 Å². The number of amides is 1. The van der Waals surface area contributed by atoms with Gasteiger partial charge in [-0.05, 0) is 18.8 Å². The Balaban J connectivity index is 1.44. The molecule has 3 aliphatic rings. The van der Waals surface area contributed by atoms with E-state index in [4.69, 9.17) is 9.47 Å². The maximum Gasteiger partial charge on any atom is 0.220 e. The second-order valence-electron chi connectivity index (χ2n) is 7.30. The molecule has 130 valence electrons. The van der Waals surface area contributed by atoms with Gasteiger partial charge in [-0.15, -0.1) is 0 Å². The van der Waals surface area contributed by atoms with E-state index in [9.17, 15) is 4.79 Å². The summed E-state index contributed by atoms with van der Waals surface area (Å²) >= 11 is 0. The summed E-state index contributed by atoms with van der Waals surface area (Å²) < 4.78 is 10.9. The summed E-state index contributed by atoms with van der Waals surface area (Å²) in [6.07, 6.45) is 4.55. The summed E-state index contributed by atoms with van der Waals surface area (Å²) in [7, 11) is 1.60. The van der Waals surface area contributed by atoms with Gasteiger partial charge < -0.3 is 19.7 Å². The van der Waals surface area contributed by atoms with Gasteiger partial charge in [-0.25, -0.2) is 9.97 Å². The lowest BCUT2D eigenvalue weighted by atomic mass is 9.78. The van der Waals surface area contributed by atoms with E-state index in [1.54, 1.807) is 7.11 Å². The van der Waals surface area contributed by atoms with Crippen LogP contribution in [0.4, 0.5) is 5.82 Å². The van der Waals surface area contributed by atoms with Crippen molar-refractivity contribution in [2.45, 2.75) is 19.3 Å². The summed E-state index contributed by atoms with van der Waals surface area (Å²) in [5.74, 6) is 2.64. The first-order chi connectivity index (χ1) is 11.7. The van der Waals surface area contributed by atoms with Gasteiger partial charge in [-0.2, -0.15) is 0 Å². The van der Waals surface area contributed by atoms with Gasteiger partial charge in [0.05, 0.1) is 20.3 Å². The molecule has 24 heavy (non-hydrogen) atoms. The number of nitrogens with one attached hydrogen (secondary N) is 1. The number of aromatic nitrogens is 2. The Morgan fingerprint density at radius 2 is 2.38 bits per heavy atom. The van der Waals surface area contributed by atoms with Gasteiger partial charge in [0.25, 0.3) is 0 Å². The van der Waals surface area contributed by atoms with Gasteiger partial charge in [-0.1, -0.05) is 0 Å². The SMILES string of the molecule is COc1cc(N2C[C@H]3COC[C@@]3(CC(=O)NCC3CC3)C2)ncn1. The van der Waals surface area contributed by atoms with Gasteiger partial charge in [0.15, 0.2) is 0 Å². The zero-order chi connectivity index (χ0) is 16.6. The van der Waals surface area contributed by atoms with Gasteiger partial charge >= 0.3 is 0 Å². The average Bonchev–Trinajstić information content (AvgIpc) is 3.25. The normalized spacial score (nSPS) is 28.7. The number of methoxy groups -OCH3 is 1. The molecule has 1 amide bonds. The minimum atomic E-state index is -0.105. The molecular weight excluding hydrogens is 308 g/mol. The third-order valence-electron chi connectivity index (χ3n) is 5.48. The number of hydrogen-bond acceptors (Lipinski definition) is 6. The third-order valence-corrected chi connectivity index (χ3v) is 5.48. The van der Waals surface area contributed by atoms with E-state index in [0.717, 1.165) is 25.5 Å². The lowest BCUT2D eigenvalue weighted by Crippen LogP contribution is -2.38. The molecule has 0 radical (unpaired) electrons. The maximum atomic E-state index is 12.4. The first kappa shape index (κ1) is 15.6. The summed E-state index contributed by atoms with van der Waals surface area (Å²) in [4.78, 5) is 23.0. The Morgan fingerprint density at radius 1 is 1.50 bits per heavy atom. The number of rotatable bonds is 6. The number of ether oxygens (including phenoxy) is 2. The Kier molecular flexibility index (Phi) is 4.04. The van der Waals surface area contributed by atoms with E-state index in [1.165, 1.54) is 19.2 Å². The van der Waals surface area contributed by atoms with Crippen molar-refractivity contribution in [3.05, 3.63) is 12.4 Å². The number of nitrogens with zero attached hydrogens (tertiary/aromatic N) is 3. The number of anilines is 1. The maximum absolute atomic E-state index is 12.4. The second-order valence-corrected chi connectivity index (χ2v) is 7.30. The molecule has 1 aromatic heterocycles. The molecule has 2 aliphatic heterocycles. The molecule has 2 atom stereocenters. The minimum Gasteiger partial charge on any atom is -0.481 e. The number of fused-ring (bicyclic) bond motifs is 1. The van der Waals surface area contributed by atoms with E-state index in [0.29, 0.717) is 37.4 Å². The van der Waals surface area contributed by atoms with Crippen LogP contribution in [0, 0.1) is 17.3 Å². The molecule has 3 fully saturated rings. The first-order valence-electron chi connectivity index (χ1n) is 8.64. The quantitative estimate of drug-likeness (QED) is 0.832. The Bertz CT molecular complexity index is 622. The summed E-state index contributed by atoms with van der Waals surface area (Å²) in [5.41, 5.74) is -0.105. The molecule has 7 nitrogen and oxygen atoms in total. The van der Waals surface area contributed by atoms with Crippen molar-refractivity contribution < 1.29 is 14.3 Å². The van der Waals surface area contributed by atoms with Crippen molar-refractivity contribution >= 4 is 11.7 Å². The smallest absolute Gasteiger partial charge is 0.220 e. The fraction of sp³-hybridized carbons (Fsp3) is 0.706. The van der Waals surface area contributed by atoms with Crippen LogP contribution in [0.1, 0.15) is 19.3 Å². The lowest BCUT2D eigenvalue weighted by molar-refractivity contribution is -0.123. The monoisotopic (exact) mass is 332 g/mol. The van der Waals surface area contributed by atoms with Crippen LogP contribution in [-0.4, -0.2) is 55.8 Å². The highest BCUT2D eigenvalue weighted by molar-refractivity contribution is 5.77. The molecule has 0 bridgehead atoms. The van der Waals surface area contributed by atoms with Gasteiger partial charge in [-0.3, -0.25) is 4.79 Å². The average molecular weight is 332 g/mol. The van der Waals surface area contributed by atoms with E-state index in [2.05, 4.69) is 20.2 Å². The van der Waals surface area contributed by atoms with Crippen LogP contribution in [0.15, 0.2) is 12.4 Å². The molecule has 1 saturated carbocycles. The summed E-state index contributed by atoms with van der Waals surface area (Å²) in [6, 6.07) is 1.85. The first-order valence-corrected chi connectivity index (χ1v) is 8.64. The van der Waals surface area contributed by atoms with Crippen LogP contribution in [0.2, 0.25) is 0 Å². The molecule has 7 heteroatoms. The number of hydrogen-bond donors (Lipinski definition) is 1. The van der Waals surface area contributed by atoms with E-state index < -0.39 is 0 Å². The molecule has 1 aromatic rings. The van der Waals surface area contributed by atoms with Crippen molar-refractivity contribution in [1.82, 2.24) is 15.3 Å². The van der Waals surface area contributed by atoms with Crippen molar-refractivity contribution in [3.8, 4) is 5.88 Å². The highest BCUT2D eigenvalue weighted by Crippen LogP contribution is 2.45. The molecular formula is C17H24N4O3. The Morgan fingerprint density at radius 3 is 3.17 bits per heavy atom. The summed E-state index contributed by atoms with van der Waals surface area (Å²) in [6.45, 7) is 3.83. The minimum absolute atomic E-state index is 0.105. The second kappa shape index (κ2) is 6.20. The van der Waals surface area contributed by atoms with Gasteiger partial charge in [0.1, 0.15) is 12.1 Å². The summed E-state index contributed by atoms with van der Waals surface area (Å²) in [5, 5.41) is 3.09. The molecule has 0 unspecified atom stereocenters. The van der Waals surface area contributed by atoms with Gasteiger partial charge in [0.2, 0.25) is 11.8 Å². The predicted octanol–water partition coefficient (Wildman–Crippen LogP) is 0.854. The van der Waals surface area contributed by atoms with E-state index in [1.807, 2.05) is 6.07 Å². The van der Waals surface area contributed by atoms with Gasteiger partial charge in [0, 0.05) is 43.5 Å². The van der Waals surface area contributed by atoms with Crippen molar-refractivity contribution in [1.29, 1.82) is 0 Å². The zero-order valence-electron chi connectivity index (χ0n) is 14.0. The fourth-order valence-corrected chi connectivity index (χ4v) is 3.83. The third kappa shape index (κ3) is 3.05. The van der Waals surface area contributed by atoms with E-state index >= 15 is 0 Å². The highest BCUT2D eigenvalue weighted by atomic mass is 16.5. The van der Waals surface area contributed by atoms with Crippen molar-refractivity contribution in [2.75, 3.05) is 44.9 Å². The highest BCUT2D eigenvalue weighted by Gasteiger charge is 2.52. The Labute approximate surface area is 141 Å². The topological polar surface area (TPSA) is 76.6 Å². The number of carbonyl (C=O) groups excluding carboxylic acids is 1. The van der Waals surface area contributed by atoms with Crippen LogP contribution in [-0.2, 0) is 9.53 Å².